The zero-order valence-corrected chi connectivity index (χ0v) is 22.0. The van der Waals surface area contributed by atoms with Crippen molar-refractivity contribution in [3.63, 3.8) is 0 Å². The fourth-order valence-corrected chi connectivity index (χ4v) is 6.12. The Balaban J connectivity index is 1.27. The number of benzene rings is 1. The minimum absolute atomic E-state index is 0.0136. The standard InChI is InChI=1S/C28H34F3N5O3/c1-34-24(19-10-6-3-7-11-19)22-23(33-34)27(38)36(17-32-22)16-28(39)12-14-35(15-13-28)26(37)21(29)20(25(30)31)18-8-4-2-5-9-18/h2,4-5,8-9,17,19-21,25,39H,3,6-7,10-16H2,1H3. The summed E-state index contributed by atoms with van der Waals surface area (Å²) < 4.78 is 45.6. The summed E-state index contributed by atoms with van der Waals surface area (Å²) in [5.41, 5.74) is 0.193. The second kappa shape index (κ2) is 11.1. The molecule has 3 aromatic rings. The van der Waals surface area contributed by atoms with Crippen LogP contribution in [0, 0.1) is 0 Å². The highest BCUT2D eigenvalue weighted by molar-refractivity contribution is 5.82. The number of fused-ring (bicyclic) bond motifs is 1. The Morgan fingerprint density at radius 2 is 1.74 bits per heavy atom. The van der Waals surface area contributed by atoms with Crippen molar-refractivity contribution in [2.75, 3.05) is 13.1 Å². The van der Waals surface area contributed by atoms with Crippen LogP contribution in [0.15, 0.2) is 41.5 Å². The van der Waals surface area contributed by atoms with Crippen LogP contribution in [0.1, 0.15) is 68.0 Å². The van der Waals surface area contributed by atoms with Gasteiger partial charge in [-0.3, -0.25) is 18.8 Å². The van der Waals surface area contributed by atoms with Crippen LogP contribution >= 0.6 is 0 Å². The molecule has 1 saturated carbocycles. The molecule has 1 N–H and O–H groups in total. The molecule has 3 heterocycles. The van der Waals surface area contributed by atoms with E-state index in [-0.39, 0.29) is 49.1 Å². The van der Waals surface area contributed by atoms with Gasteiger partial charge in [0.25, 0.3) is 11.5 Å². The van der Waals surface area contributed by atoms with Crippen molar-refractivity contribution >= 4 is 16.9 Å². The maximum atomic E-state index is 15.1. The van der Waals surface area contributed by atoms with Crippen LogP contribution in [0.25, 0.3) is 11.0 Å². The molecule has 2 aliphatic rings. The van der Waals surface area contributed by atoms with E-state index in [1.165, 1.54) is 46.5 Å². The van der Waals surface area contributed by atoms with Crippen molar-refractivity contribution in [2.24, 2.45) is 7.05 Å². The smallest absolute Gasteiger partial charge is 0.281 e. The molecule has 1 aliphatic heterocycles. The lowest BCUT2D eigenvalue weighted by molar-refractivity contribution is -0.143. The molecule has 1 aromatic carbocycles. The summed E-state index contributed by atoms with van der Waals surface area (Å²) in [6, 6.07) is 7.45. The van der Waals surface area contributed by atoms with Gasteiger partial charge in [0.15, 0.2) is 11.7 Å². The first-order chi connectivity index (χ1) is 18.7. The number of aliphatic hydroxyl groups is 1. The Morgan fingerprint density at radius 3 is 2.38 bits per heavy atom. The molecule has 8 nitrogen and oxygen atoms in total. The zero-order chi connectivity index (χ0) is 27.7. The lowest BCUT2D eigenvalue weighted by Gasteiger charge is -2.39. The number of likely N-dealkylation sites (tertiary alicyclic amines) is 1. The van der Waals surface area contributed by atoms with Gasteiger partial charge >= 0.3 is 0 Å². The molecule has 210 valence electrons. The Bertz CT molecular complexity index is 1360. The maximum absolute atomic E-state index is 15.1. The van der Waals surface area contributed by atoms with Crippen molar-refractivity contribution in [3.05, 3.63) is 58.3 Å². The van der Waals surface area contributed by atoms with Gasteiger partial charge in [-0.1, -0.05) is 49.6 Å². The number of amides is 1. The molecule has 2 atom stereocenters. The van der Waals surface area contributed by atoms with E-state index < -0.39 is 30.0 Å². The number of hydrogen-bond donors (Lipinski definition) is 1. The van der Waals surface area contributed by atoms with Gasteiger partial charge in [0.1, 0.15) is 5.52 Å². The summed E-state index contributed by atoms with van der Waals surface area (Å²) in [5.74, 6) is -2.57. The number of rotatable bonds is 7. The Labute approximate surface area is 224 Å². The number of hydrogen-bond acceptors (Lipinski definition) is 5. The Morgan fingerprint density at radius 1 is 1.08 bits per heavy atom. The third-order valence-corrected chi connectivity index (χ3v) is 8.32. The number of carbonyl (C=O) groups is 1. The summed E-state index contributed by atoms with van der Waals surface area (Å²) in [5, 5.41) is 15.7. The second-order valence-electron chi connectivity index (χ2n) is 10.9. The van der Waals surface area contributed by atoms with Gasteiger partial charge in [-0.15, -0.1) is 0 Å². The van der Waals surface area contributed by atoms with Crippen LogP contribution in [0.5, 0.6) is 0 Å². The molecular weight excluding hydrogens is 511 g/mol. The average molecular weight is 546 g/mol. The van der Waals surface area contributed by atoms with Crippen LogP contribution in [0.2, 0.25) is 0 Å². The van der Waals surface area contributed by atoms with Gasteiger partial charge in [-0.05, 0) is 31.2 Å². The fraction of sp³-hybridized carbons (Fsp3) is 0.571. The minimum Gasteiger partial charge on any atom is -0.388 e. The molecule has 11 heteroatoms. The number of aromatic nitrogens is 4. The molecule has 0 bridgehead atoms. The molecular formula is C28H34F3N5O3. The largest absolute Gasteiger partial charge is 0.388 e. The first-order valence-corrected chi connectivity index (χ1v) is 13.6. The van der Waals surface area contributed by atoms with Gasteiger partial charge in [0.05, 0.1) is 30.1 Å². The third-order valence-electron chi connectivity index (χ3n) is 8.32. The highest BCUT2D eigenvalue weighted by Crippen LogP contribution is 2.35. The maximum Gasteiger partial charge on any atom is 0.281 e. The molecule has 2 unspecified atom stereocenters. The fourth-order valence-electron chi connectivity index (χ4n) is 6.12. The Kier molecular flexibility index (Phi) is 7.80. The molecule has 2 fully saturated rings. The quantitative estimate of drug-likeness (QED) is 0.486. The predicted molar refractivity (Wildman–Crippen MR) is 139 cm³/mol. The number of nitrogens with zero attached hydrogens (tertiary/aromatic N) is 5. The highest BCUT2D eigenvalue weighted by atomic mass is 19.3. The number of aryl methyl sites for hydroxylation is 1. The SMILES string of the molecule is Cn1nc2c(=O)n(CC3(O)CCN(C(=O)C(F)C(c4ccccc4)C(F)F)CC3)cnc2c1C1CCCCC1. The molecule has 0 spiro atoms. The number of alkyl halides is 3. The highest BCUT2D eigenvalue weighted by Gasteiger charge is 2.42. The van der Waals surface area contributed by atoms with Crippen LogP contribution < -0.4 is 5.56 Å². The molecule has 1 amide bonds. The lowest BCUT2D eigenvalue weighted by Crippen LogP contribution is -2.52. The van der Waals surface area contributed by atoms with Gasteiger partial charge in [0.2, 0.25) is 6.43 Å². The molecule has 1 saturated heterocycles. The van der Waals surface area contributed by atoms with Crippen molar-refractivity contribution in [1.82, 2.24) is 24.2 Å². The van der Waals surface area contributed by atoms with Crippen molar-refractivity contribution in [1.29, 1.82) is 0 Å². The summed E-state index contributed by atoms with van der Waals surface area (Å²) in [6.45, 7) is -0.0878. The lowest BCUT2D eigenvalue weighted by atomic mass is 9.86. The Hall–Kier alpha value is -3.21. The van der Waals surface area contributed by atoms with Gasteiger partial charge in [0, 0.05) is 26.1 Å². The van der Waals surface area contributed by atoms with Crippen LogP contribution in [0.4, 0.5) is 13.2 Å². The number of halogens is 3. The van der Waals surface area contributed by atoms with Crippen molar-refractivity contribution in [2.45, 2.75) is 81.5 Å². The van der Waals surface area contributed by atoms with Crippen molar-refractivity contribution in [3.8, 4) is 0 Å². The van der Waals surface area contributed by atoms with Gasteiger partial charge in [-0.25, -0.2) is 18.2 Å². The van der Waals surface area contributed by atoms with Crippen LogP contribution in [-0.4, -0.2) is 66.5 Å². The molecule has 1 aliphatic carbocycles. The van der Waals surface area contributed by atoms with E-state index in [1.807, 2.05) is 7.05 Å². The van der Waals surface area contributed by atoms with E-state index in [0.717, 1.165) is 31.4 Å². The number of carbonyl (C=O) groups excluding carboxylic acids is 1. The summed E-state index contributed by atoms with van der Waals surface area (Å²) >= 11 is 0. The van der Waals surface area contributed by atoms with E-state index in [9.17, 15) is 23.5 Å². The van der Waals surface area contributed by atoms with E-state index >= 15 is 4.39 Å². The van der Waals surface area contributed by atoms with Gasteiger partial charge in [-0.2, -0.15) is 5.10 Å². The van der Waals surface area contributed by atoms with E-state index in [0.29, 0.717) is 11.4 Å². The second-order valence-corrected chi connectivity index (χ2v) is 10.9. The first kappa shape index (κ1) is 27.4. The van der Waals surface area contributed by atoms with Crippen molar-refractivity contribution < 1.29 is 23.1 Å². The van der Waals surface area contributed by atoms with E-state index in [1.54, 1.807) is 10.7 Å². The molecule has 0 radical (unpaired) electrons. The molecule has 5 rings (SSSR count). The van der Waals surface area contributed by atoms with Crippen LogP contribution in [0.3, 0.4) is 0 Å². The molecule has 2 aromatic heterocycles. The number of piperidine rings is 1. The topological polar surface area (TPSA) is 93.2 Å². The summed E-state index contributed by atoms with van der Waals surface area (Å²) in [4.78, 5) is 31.8. The summed E-state index contributed by atoms with van der Waals surface area (Å²) in [7, 11) is 1.82. The summed E-state index contributed by atoms with van der Waals surface area (Å²) in [6.07, 6.45) is 1.67. The van der Waals surface area contributed by atoms with E-state index in [2.05, 4.69) is 10.1 Å². The van der Waals surface area contributed by atoms with Gasteiger partial charge < -0.3 is 10.0 Å². The third kappa shape index (κ3) is 5.46. The molecule has 39 heavy (non-hydrogen) atoms. The minimum atomic E-state index is -3.05. The normalized spacial score (nSPS) is 19.9. The first-order valence-electron chi connectivity index (χ1n) is 13.6. The van der Waals surface area contributed by atoms with Crippen LogP contribution in [-0.2, 0) is 18.4 Å². The average Bonchev–Trinajstić information content (AvgIpc) is 3.28. The predicted octanol–water partition coefficient (Wildman–Crippen LogP) is 3.92. The monoisotopic (exact) mass is 545 g/mol. The van der Waals surface area contributed by atoms with E-state index in [4.69, 9.17) is 0 Å². The zero-order valence-electron chi connectivity index (χ0n) is 22.0.